The lowest BCUT2D eigenvalue weighted by molar-refractivity contribution is -0.142. The van der Waals surface area contributed by atoms with Gasteiger partial charge in [0.1, 0.15) is 17.7 Å². The Hall–Kier alpha value is -3.36. The van der Waals surface area contributed by atoms with Crippen molar-refractivity contribution in [1.82, 2.24) is 15.5 Å². The Labute approximate surface area is 208 Å². The third kappa shape index (κ3) is 10.6. The maximum atomic E-state index is 13.7. The van der Waals surface area contributed by atoms with Crippen LogP contribution in [-0.4, -0.2) is 53.4 Å². The quantitative estimate of drug-likeness (QED) is 0.290. The van der Waals surface area contributed by atoms with Gasteiger partial charge in [0, 0.05) is 13.1 Å². The molecule has 2 unspecified atom stereocenters. The molecule has 4 amide bonds. The number of unbranched alkanes of at least 4 members (excludes halogenated alkanes) is 2. The summed E-state index contributed by atoms with van der Waals surface area (Å²) < 4.78 is 5.25. The van der Waals surface area contributed by atoms with E-state index < -0.39 is 42.0 Å². The van der Waals surface area contributed by atoms with Crippen LogP contribution in [0.25, 0.3) is 0 Å². The number of alkyl carbamates (subject to hydrolysis) is 1. The Balaban J connectivity index is 3.36. The van der Waals surface area contributed by atoms with Gasteiger partial charge in [-0.25, -0.2) is 4.79 Å². The standard InChI is InChI=1S/C26H40N4O5/c1-7-9-10-14-28-23(32)22(19-13-11-12-18(3)16-19)30(15-8-2)24(33)20(17-21(27)31)29-25(34)35-26(4,5)6/h8,11-13,16,20,22H,2,7,9-10,14-15,17H2,1,3-6H3,(H2,27,31)(H,28,32)(H,29,34). The average Bonchev–Trinajstić information content (AvgIpc) is 2.74. The van der Waals surface area contributed by atoms with Crippen LogP contribution in [-0.2, 0) is 19.1 Å². The van der Waals surface area contributed by atoms with Gasteiger partial charge in [-0.05, 0) is 39.7 Å². The molecule has 0 fully saturated rings. The van der Waals surface area contributed by atoms with E-state index in [9.17, 15) is 19.2 Å². The fraction of sp³-hybridized carbons (Fsp3) is 0.538. The van der Waals surface area contributed by atoms with E-state index in [0.29, 0.717) is 12.1 Å². The van der Waals surface area contributed by atoms with Crippen LogP contribution in [0, 0.1) is 6.92 Å². The second kappa shape index (κ2) is 14.1. The number of nitrogens with one attached hydrogen (secondary N) is 2. The highest BCUT2D eigenvalue weighted by atomic mass is 16.6. The van der Waals surface area contributed by atoms with Gasteiger partial charge in [-0.2, -0.15) is 0 Å². The molecule has 194 valence electrons. The maximum Gasteiger partial charge on any atom is 0.408 e. The molecule has 1 rings (SSSR count). The summed E-state index contributed by atoms with van der Waals surface area (Å²) >= 11 is 0. The van der Waals surface area contributed by atoms with Gasteiger partial charge in [-0.15, -0.1) is 6.58 Å². The van der Waals surface area contributed by atoms with Crippen LogP contribution in [0.3, 0.4) is 0 Å². The van der Waals surface area contributed by atoms with E-state index in [2.05, 4.69) is 24.1 Å². The molecule has 0 spiro atoms. The molecule has 0 saturated carbocycles. The molecule has 0 aliphatic rings. The molecule has 9 nitrogen and oxygen atoms in total. The molecular weight excluding hydrogens is 448 g/mol. The predicted molar refractivity (Wildman–Crippen MR) is 135 cm³/mol. The van der Waals surface area contributed by atoms with Crippen molar-refractivity contribution >= 4 is 23.8 Å². The molecule has 9 heteroatoms. The van der Waals surface area contributed by atoms with Gasteiger partial charge in [0.05, 0.1) is 6.42 Å². The van der Waals surface area contributed by atoms with Gasteiger partial charge in [-0.1, -0.05) is 55.7 Å². The fourth-order valence-corrected chi connectivity index (χ4v) is 3.51. The average molecular weight is 489 g/mol. The van der Waals surface area contributed by atoms with Crippen LogP contribution in [0.15, 0.2) is 36.9 Å². The van der Waals surface area contributed by atoms with Crippen LogP contribution < -0.4 is 16.4 Å². The summed E-state index contributed by atoms with van der Waals surface area (Å²) in [6, 6.07) is 4.96. The minimum Gasteiger partial charge on any atom is -0.444 e. The van der Waals surface area contributed by atoms with Crippen LogP contribution in [0.2, 0.25) is 0 Å². The number of ether oxygens (including phenoxy) is 1. The molecule has 1 aromatic rings. The Morgan fingerprint density at radius 3 is 2.43 bits per heavy atom. The van der Waals surface area contributed by atoms with Crippen molar-refractivity contribution in [3.63, 3.8) is 0 Å². The van der Waals surface area contributed by atoms with Gasteiger partial charge < -0.3 is 26.0 Å². The number of benzene rings is 1. The van der Waals surface area contributed by atoms with Crippen molar-refractivity contribution in [2.45, 2.75) is 78.0 Å². The zero-order valence-electron chi connectivity index (χ0n) is 21.6. The third-order valence-electron chi connectivity index (χ3n) is 5.00. The summed E-state index contributed by atoms with van der Waals surface area (Å²) in [5, 5.41) is 5.35. The fourth-order valence-electron chi connectivity index (χ4n) is 3.51. The molecule has 4 N–H and O–H groups in total. The molecule has 1 aromatic carbocycles. The number of nitrogens with two attached hydrogens (primary N) is 1. The zero-order chi connectivity index (χ0) is 26.6. The van der Waals surface area contributed by atoms with E-state index >= 15 is 0 Å². The molecular formula is C26H40N4O5. The maximum absolute atomic E-state index is 13.7. The van der Waals surface area contributed by atoms with Crippen molar-refractivity contribution in [2.75, 3.05) is 13.1 Å². The number of hydrogen-bond acceptors (Lipinski definition) is 5. The second-order valence-electron chi connectivity index (χ2n) is 9.46. The molecule has 0 aromatic heterocycles. The van der Waals surface area contributed by atoms with E-state index in [4.69, 9.17) is 10.5 Å². The second-order valence-corrected chi connectivity index (χ2v) is 9.46. The largest absolute Gasteiger partial charge is 0.444 e. The first-order valence-electron chi connectivity index (χ1n) is 11.9. The first-order chi connectivity index (χ1) is 16.4. The zero-order valence-corrected chi connectivity index (χ0v) is 21.6. The lowest BCUT2D eigenvalue weighted by Crippen LogP contribution is -2.54. The Bertz CT molecular complexity index is 894. The van der Waals surface area contributed by atoms with Gasteiger partial charge in [0.15, 0.2) is 0 Å². The summed E-state index contributed by atoms with van der Waals surface area (Å²) in [4.78, 5) is 52.5. The van der Waals surface area contributed by atoms with E-state index in [1.807, 2.05) is 19.1 Å². The number of aryl methyl sites for hydroxylation is 1. The van der Waals surface area contributed by atoms with Crippen molar-refractivity contribution in [1.29, 1.82) is 0 Å². The van der Waals surface area contributed by atoms with Crippen molar-refractivity contribution in [3.05, 3.63) is 48.0 Å². The first kappa shape index (κ1) is 29.7. The Kier molecular flexibility index (Phi) is 12.0. The molecule has 0 radical (unpaired) electrons. The number of rotatable bonds is 13. The highest BCUT2D eigenvalue weighted by molar-refractivity contribution is 5.94. The number of nitrogens with zero attached hydrogens (tertiary/aromatic N) is 1. The van der Waals surface area contributed by atoms with E-state index in [1.54, 1.807) is 32.9 Å². The van der Waals surface area contributed by atoms with E-state index in [0.717, 1.165) is 24.8 Å². The van der Waals surface area contributed by atoms with Crippen molar-refractivity contribution in [3.8, 4) is 0 Å². The Morgan fingerprint density at radius 2 is 1.89 bits per heavy atom. The van der Waals surface area contributed by atoms with E-state index in [-0.39, 0.29) is 12.5 Å². The lowest BCUT2D eigenvalue weighted by atomic mass is 10.00. The van der Waals surface area contributed by atoms with Gasteiger partial charge >= 0.3 is 6.09 Å². The minimum atomic E-state index is -1.32. The summed E-state index contributed by atoms with van der Waals surface area (Å²) in [5.41, 5.74) is 6.07. The van der Waals surface area contributed by atoms with Crippen LogP contribution in [0.1, 0.15) is 70.5 Å². The third-order valence-corrected chi connectivity index (χ3v) is 5.00. The summed E-state index contributed by atoms with van der Waals surface area (Å²) in [6.45, 7) is 13.2. The molecule has 35 heavy (non-hydrogen) atoms. The molecule has 0 saturated heterocycles. The predicted octanol–water partition coefficient (Wildman–Crippen LogP) is 3.13. The lowest BCUT2D eigenvalue weighted by Gasteiger charge is -2.33. The number of carbonyl (C=O) groups is 4. The topological polar surface area (TPSA) is 131 Å². The molecule has 0 aliphatic heterocycles. The highest BCUT2D eigenvalue weighted by Crippen LogP contribution is 2.24. The smallest absolute Gasteiger partial charge is 0.408 e. The summed E-state index contributed by atoms with van der Waals surface area (Å²) in [5.74, 6) is -1.80. The number of carbonyl (C=O) groups excluding carboxylic acids is 4. The summed E-state index contributed by atoms with van der Waals surface area (Å²) in [7, 11) is 0. The normalized spacial score (nSPS) is 12.7. The molecule has 0 bridgehead atoms. The van der Waals surface area contributed by atoms with Crippen LogP contribution in [0.5, 0.6) is 0 Å². The molecule has 0 aliphatic carbocycles. The van der Waals surface area contributed by atoms with Crippen LogP contribution >= 0.6 is 0 Å². The van der Waals surface area contributed by atoms with Crippen LogP contribution in [0.4, 0.5) is 4.79 Å². The number of amides is 4. The number of hydrogen-bond donors (Lipinski definition) is 3. The summed E-state index contributed by atoms with van der Waals surface area (Å²) in [6.07, 6.45) is 2.94. The number of primary amides is 1. The molecule has 0 heterocycles. The van der Waals surface area contributed by atoms with Gasteiger partial charge in [0.25, 0.3) is 0 Å². The van der Waals surface area contributed by atoms with Crippen molar-refractivity contribution in [2.24, 2.45) is 5.73 Å². The van der Waals surface area contributed by atoms with Gasteiger partial charge in [0.2, 0.25) is 17.7 Å². The van der Waals surface area contributed by atoms with Crippen molar-refractivity contribution < 1.29 is 23.9 Å². The molecule has 2 atom stereocenters. The minimum absolute atomic E-state index is 0.00504. The monoisotopic (exact) mass is 488 g/mol. The highest BCUT2D eigenvalue weighted by Gasteiger charge is 2.36. The Morgan fingerprint density at radius 1 is 1.20 bits per heavy atom. The van der Waals surface area contributed by atoms with Gasteiger partial charge in [-0.3, -0.25) is 14.4 Å². The SMILES string of the molecule is C=CCN(C(=O)C(CC(N)=O)NC(=O)OC(C)(C)C)C(C(=O)NCCCCC)c1cccc(C)c1. The van der Waals surface area contributed by atoms with E-state index in [1.165, 1.54) is 11.0 Å². The first-order valence-corrected chi connectivity index (χ1v) is 11.9.